The van der Waals surface area contributed by atoms with Gasteiger partial charge in [0.2, 0.25) is 0 Å². The van der Waals surface area contributed by atoms with Gasteiger partial charge >= 0.3 is 5.97 Å². The van der Waals surface area contributed by atoms with Crippen LogP contribution in [0.1, 0.15) is 94.7 Å². The smallest absolute Gasteiger partial charge is 0.318 e. The summed E-state index contributed by atoms with van der Waals surface area (Å²) in [4.78, 5) is 14.5. The standard InChI is InChI=1S/C32H40N2O3/c1-3-5-19-31(4-2)21-28(29-18-20-33-34-29)32(24-10-9-11-24,30(36)37-26-12-7-6-8-13-26)22-27(31)23-14-16-25(35)17-15-23/h6-8,12-18,20,24,27-28,35H,3-5,9-11,19,21-22H2,1-2H3,(H,33,34). The van der Waals surface area contributed by atoms with Crippen molar-refractivity contribution in [2.24, 2.45) is 16.7 Å². The first-order valence-electron chi connectivity index (χ1n) is 14.1. The highest BCUT2D eigenvalue weighted by atomic mass is 16.5. The topological polar surface area (TPSA) is 75.2 Å². The number of nitrogens with one attached hydrogen (secondary N) is 1. The van der Waals surface area contributed by atoms with E-state index in [1.54, 1.807) is 12.1 Å². The molecule has 2 fully saturated rings. The van der Waals surface area contributed by atoms with Crippen LogP contribution in [0, 0.1) is 16.7 Å². The molecule has 5 rings (SSSR count). The summed E-state index contributed by atoms with van der Waals surface area (Å²) in [5, 5.41) is 17.7. The molecule has 5 nitrogen and oxygen atoms in total. The monoisotopic (exact) mass is 500 g/mol. The number of aromatic hydroxyl groups is 1. The van der Waals surface area contributed by atoms with Gasteiger partial charge in [-0.25, -0.2) is 0 Å². The Bertz CT molecular complexity index is 1160. The molecule has 2 saturated carbocycles. The zero-order chi connectivity index (χ0) is 25.9. The molecule has 0 radical (unpaired) electrons. The van der Waals surface area contributed by atoms with E-state index in [0.29, 0.717) is 5.75 Å². The highest BCUT2D eigenvalue weighted by molar-refractivity contribution is 5.81. The second-order valence-electron chi connectivity index (χ2n) is 11.3. The lowest BCUT2D eigenvalue weighted by molar-refractivity contribution is -0.163. The quantitative estimate of drug-likeness (QED) is 0.233. The lowest BCUT2D eigenvalue weighted by Crippen LogP contribution is -2.55. The molecule has 2 aliphatic rings. The summed E-state index contributed by atoms with van der Waals surface area (Å²) in [6.07, 6.45) is 11.2. The largest absolute Gasteiger partial charge is 0.508 e. The molecule has 3 aromatic rings. The van der Waals surface area contributed by atoms with Crippen molar-refractivity contribution >= 4 is 5.97 Å². The van der Waals surface area contributed by atoms with Crippen LogP contribution in [0.2, 0.25) is 0 Å². The van der Waals surface area contributed by atoms with Gasteiger partial charge in [-0.3, -0.25) is 9.89 Å². The number of para-hydroxylation sites is 1. The van der Waals surface area contributed by atoms with E-state index >= 15 is 0 Å². The number of carbonyl (C=O) groups is 1. The highest BCUT2D eigenvalue weighted by Crippen LogP contribution is 2.67. The second kappa shape index (κ2) is 10.7. The van der Waals surface area contributed by atoms with Crippen molar-refractivity contribution < 1.29 is 14.6 Å². The Labute approximate surface area is 220 Å². The number of aromatic nitrogens is 2. The molecule has 5 heteroatoms. The zero-order valence-electron chi connectivity index (χ0n) is 22.2. The molecule has 2 aliphatic carbocycles. The molecule has 2 aromatic carbocycles. The Hall–Kier alpha value is -3.08. The first-order valence-corrected chi connectivity index (χ1v) is 14.1. The summed E-state index contributed by atoms with van der Waals surface area (Å²) >= 11 is 0. The van der Waals surface area contributed by atoms with Gasteiger partial charge in [0.15, 0.2) is 0 Å². The number of H-pyrrole nitrogens is 1. The highest BCUT2D eigenvalue weighted by Gasteiger charge is 2.62. The summed E-state index contributed by atoms with van der Waals surface area (Å²) in [7, 11) is 0. The summed E-state index contributed by atoms with van der Waals surface area (Å²) in [5.41, 5.74) is 1.67. The lowest BCUT2D eigenvalue weighted by atomic mass is 9.44. The molecule has 2 N–H and O–H groups in total. The number of rotatable bonds is 9. The van der Waals surface area contributed by atoms with Crippen LogP contribution in [-0.2, 0) is 4.79 Å². The normalized spacial score (nSPS) is 27.9. The zero-order valence-corrected chi connectivity index (χ0v) is 22.2. The molecular formula is C32H40N2O3. The van der Waals surface area contributed by atoms with E-state index in [-0.39, 0.29) is 34.9 Å². The Morgan fingerprint density at radius 1 is 1.03 bits per heavy atom. The Morgan fingerprint density at radius 2 is 1.78 bits per heavy atom. The number of nitrogens with zero attached hydrogens (tertiary/aromatic N) is 1. The van der Waals surface area contributed by atoms with E-state index in [4.69, 9.17) is 4.74 Å². The number of unbranched alkanes of at least 4 members (excludes halogenated alkanes) is 1. The van der Waals surface area contributed by atoms with Gasteiger partial charge in [-0.05, 0) is 91.7 Å². The van der Waals surface area contributed by atoms with Crippen LogP contribution in [0.25, 0.3) is 0 Å². The Morgan fingerprint density at radius 3 is 2.38 bits per heavy atom. The maximum absolute atomic E-state index is 14.5. The van der Waals surface area contributed by atoms with Crippen molar-refractivity contribution in [1.29, 1.82) is 0 Å². The van der Waals surface area contributed by atoms with Gasteiger partial charge in [-0.1, -0.05) is 63.4 Å². The fraction of sp³-hybridized carbons (Fsp3) is 0.500. The maximum atomic E-state index is 14.5. The van der Waals surface area contributed by atoms with E-state index in [1.807, 2.05) is 36.5 Å². The minimum atomic E-state index is -0.645. The predicted octanol–water partition coefficient (Wildman–Crippen LogP) is 7.76. The predicted molar refractivity (Wildman–Crippen MR) is 146 cm³/mol. The van der Waals surface area contributed by atoms with Crippen LogP contribution in [0.4, 0.5) is 0 Å². The van der Waals surface area contributed by atoms with Crippen LogP contribution in [0.5, 0.6) is 11.5 Å². The third-order valence-corrected chi connectivity index (χ3v) is 9.61. The van der Waals surface area contributed by atoms with Crippen LogP contribution < -0.4 is 4.74 Å². The van der Waals surface area contributed by atoms with Crippen molar-refractivity contribution in [2.75, 3.05) is 0 Å². The number of carbonyl (C=O) groups excluding carboxylic acids is 1. The minimum absolute atomic E-state index is 0.0154. The first kappa shape index (κ1) is 25.6. The molecule has 4 atom stereocenters. The van der Waals surface area contributed by atoms with E-state index in [2.05, 4.69) is 42.2 Å². The second-order valence-corrected chi connectivity index (χ2v) is 11.3. The van der Waals surface area contributed by atoms with Crippen LogP contribution in [-0.4, -0.2) is 21.3 Å². The number of phenolic OH excluding ortho intramolecular Hbond substituents is 1. The summed E-state index contributed by atoms with van der Waals surface area (Å²) in [6, 6.07) is 19.3. The van der Waals surface area contributed by atoms with Gasteiger partial charge in [0, 0.05) is 17.8 Å². The molecule has 37 heavy (non-hydrogen) atoms. The van der Waals surface area contributed by atoms with Gasteiger partial charge in [0.1, 0.15) is 11.5 Å². The molecule has 4 unspecified atom stereocenters. The fourth-order valence-corrected chi connectivity index (χ4v) is 7.28. The number of hydrogen-bond donors (Lipinski definition) is 2. The molecule has 0 saturated heterocycles. The number of hydrogen-bond acceptors (Lipinski definition) is 4. The van der Waals surface area contributed by atoms with Crippen LogP contribution >= 0.6 is 0 Å². The third-order valence-electron chi connectivity index (χ3n) is 9.61. The minimum Gasteiger partial charge on any atom is -0.508 e. The van der Waals surface area contributed by atoms with Crippen LogP contribution in [0.3, 0.4) is 0 Å². The van der Waals surface area contributed by atoms with E-state index in [0.717, 1.165) is 63.5 Å². The molecular weight excluding hydrogens is 460 g/mol. The van der Waals surface area contributed by atoms with Crippen molar-refractivity contribution in [3.05, 3.63) is 78.1 Å². The maximum Gasteiger partial charge on any atom is 0.318 e. The van der Waals surface area contributed by atoms with E-state index in [9.17, 15) is 9.90 Å². The van der Waals surface area contributed by atoms with Crippen molar-refractivity contribution in [2.45, 2.75) is 83.5 Å². The average molecular weight is 501 g/mol. The fourth-order valence-electron chi connectivity index (χ4n) is 7.28. The third kappa shape index (κ3) is 4.69. The Balaban J connectivity index is 1.65. The number of phenols is 1. The summed E-state index contributed by atoms with van der Waals surface area (Å²) in [5.74, 6) is 1.27. The van der Waals surface area contributed by atoms with E-state index in [1.165, 1.54) is 5.56 Å². The van der Waals surface area contributed by atoms with Crippen molar-refractivity contribution in [3.8, 4) is 11.5 Å². The van der Waals surface area contributed by atoms with Gasteiger partial charge in [0.05, 0.1) is 5.41 Å². The van der Waals surface area contributed by atoms with Gasteiger partial charge in [0.25, 0.3) is 0 Å². The van der Waals surface area contributed by atoms with Gasteiger partial charge < -0.3 is 9.84 Å². The number of benzene rings is 2. The molecule has 1 heterocycles. The molecule has 0 aliphatic heterocycles. The number of aromatic amines is 1. The number of esters is 1. The molecule has 0 spiro atoms. The van der Waals surface area contributed by atoms with Crippen molar-refractivity contribution in [3.63, 3.8) is 0 Å². The van der Waals surface area contributed by atoms with Crippen LogP contribution in [0.15, 0.2) is 66.9 Å². The van der Waals surface area contributed by atoms with E-state index < -0.39 is 5.41 Å². The molecule has 196 valence electrons. The molecule has 0 bridgehead atoms. The SMILES string of the molecule is CCCCC1(CC)CC(c2ccn[nH]2)C(C(=O)Oc2ccccc2)(C2CCC2)CC1c1ccc(O)cc1. The summed E-state index contributed by atoms with van der Waals surface area (Å²) < 4.78 is 6.22. The Kier molecular flexibility index (Phi) is 7.41. The van der Waals surface area contributed by atoms with Gasteiger partial charge in [-0.2, -0.15) is 5.10 Å². The molecule has 1 aromatic heterocycles. The van der Waals surface area contributed by atoms with Gasteiger partial charge in [-0.15, -0.1) is 0 Å². The lowest BCUT2D eigenvalue weighted by Gasteiger charge is -2.58. The number of ether oxygens (including phenoxy) is 1. The van der Waals surface area contributed by atoms with Crippen molar-refractivity contribution in [1.82, 2.24) is 10.2 Å². The first-order chi connectivity index (χ1) is 18.0. The summed E-state index contributed by atoms with van der Waals surface area (Å²) in [6.45, 7) is 4.57. The average Bonchev–Trinajstić information content (AvgIpc) is 3.42. The molecule has 0 amide bonds.